The number of methoxy groups -OCH3 is 1. The van der Waals surface area contributed by atoms with E-state index < -0.39 is 24.6 Å². The highest BCUT2D eigenvalue weighted by molar-refractivity contribution is 6.33. The van der Waals surface area contributed by atoms with Gasteiger partial charge >= 0.3 is 12.1 Å². The number of benzene rings is 1. The number of carbonyl (C=O) groups excluding carboxylic acids is 3. The Balaban J connectivity index is 2.05. The number of ether oxygens (including phenoxy) is 3. The fourth-order valence-corrected chi connectivity index (χ4v) is 1.96. The van der Waals surface area contributed by atoms with E-state index in [1.807, 2.05) is 0 Å². The molecule has 0 bridgehead atoms. The molecule has 1 aromatic carbocycles. The molecule has 8 nitrogen and oxygen atoms in total. The largest absolute Gasteiger partial charge is 0.496 e. The van der Waals surface area contributed by atoms with Crippen molar-refractivity contribution in [3.05, 3.63) is 22.7 Å². The Kier molecular flexibility index (Phi) is 4.71. The minimum atomic E-state index is -0.820. The maximum absolute atomic E-state index is 12.0. The molecule has 0 spiro atoms. The molecule has 2 N–H and O–H groups in total. The number of hydrogen-bond acceptors (Lipinski definition) is 7. The third kappa shape index (κ3) is 3.22. The Hall–Kier alpha value is -2.48. The number of hydrogen-bond donors (Lipinski definition) is 1. The van der Waals surface area contributed by atoms with E-state index >= 15 is 0 Å². The standard InChI is InChI=1S/C13H13ClN2O6/c1-20-10-5-9(15)8(14)4-7(10)12(18)22-6-11(17)16-2-3-21-13(16)19/h4-5H,2-3,6,15H2,1H3. The van der Waals surface area contributed by atoms with Gasteiger partial charge in [0, 0.05) is 6.07 Å². The normalized spacial score (nSPS) is 13.7. The number of halogens is 1. The average molecular weight is 329 g/mol. The van der Waals surface area contributed by atoms with Crippen molar-refractivity contribution >= 4 is 35.3 Å². The second-order valence-electron chi connectivity index (χ2n) is 4.31. The lowest BCUT2D eigenvalue weighted by Crippen LogP contribution is -2.35. The van der Waals surface area contributed by atoms with Crippen LogP contribution in [0.15, 0.2) is 12.1 Å². The number of amides is 2. The summed E-state index contributed by atoms with van der Waals surface area (Å²) in [6, 6.07) is 2.66. The number of nitrogens with zero attached hydrogens (tertiary/aromatic N) is 1. The number of anilines is 1. The maximum Gasteiger partial charge on any atom is 0.416 e. The van der Waals surface area contributed by atoms with Crippen LogP contribution in [-0.4, -0.2) is 49.7 Å². The van der Waals surface area contributed by atoms with Crippen LogP contribution in [0.2, 0.25) is 5.02 Å². The third-order valence-corrected chi connectivity index (χ3v) is 3.25. The SMILES string of the molecule is COc1cc(N)c(Cl)cc1C(=O)OCC(=O)N1CCOC1=O. The van der Waals surface area contributed by atoms with Crippen LogP contribution in [-0.2, 0) is 14.3 Å². The van der Waals surface area contributed by atoms with Crippen LogP contribution in [0.3, 0.4) is 0 Å². The summed E-state index contributed by atoms with van der Waals surface area (Å²) in [6.07, 6.45) is -0.755. The van der Waals surface area contributed by atoms with Crippen molar-refractivity contribution in [2.24, 2.45) is 0 Å². The Morgan fingerprint density at radius 3 is 2.77 bits per heavy atom. The molecule has 1 aromatic rings. The zero-order valence-corrected chi connectivity index (χ0v) is 12.4. The predicted molar refractivity (Wildman–Crippen MR) is 75.8 cm³/mol. The van der Waals surface area contributed by atoms with Crippen molar-refractivity contribution < 1.29 is 28.6 Å². The van der Waals surface area contributed by atoms with Crippen LogP contribution >= 0.6 is 11.6 Å². The van der Waals surface area contributed by atoms with Gasteiger partial charge in [0.1, 0.15) is 17.9 Å². The Morgan fingerprint density at radius 1 is 1.45 bits per heavy atom. The summed E-state index contributed by atoms with van der Waals surface area (Å²) in [5.41, 5.74) is 5.88. The molecule has 1 heterocycles. The van der Waals surface area contributed by atoms with E-state index in [2.05, 4.69) is 4.74 Å². The molecule has 1 fully saturated rings. The number of nitrogen functional groups attached to an aromatic ring is 1. The molecule has 118 valence electrons. The summed E-state index contributed by atoms with van der Waals surface area (Å²) < 4.78 is 14.5. The van der Waals surface area contributed by atoms with Crippen molar-refractivity contribution in [3.8, 4) is 5.75 Å². The zero-order chi connectivity index (χ0) is 16.3. The third-order valence-electron chi connectivity index (χ3n) is 2.93. The first-order valence-electron chi connectivity index (χ1n) is 6.21. The zero-order valence-electron chi connectivity index (χ0n) is 11.6. The van der Waals surface area contributed by atoms with Gasteiger partial charge in [-0.1, -0.05) is 11.6 Å². The molecule has 0 unspecified atom stereocenters. The van der Waals surface area contributed by atoms with Crippen molar-refractivity contribution in [1.29, 1.82) is 0 Å². The number of cyclic esters (lactones) is 1. The maximum atomic E-state index is 12.0. The summed E-state index contributed by atoms with van der Waals surface area (Å²) in [5.74, 6) is -1.32. The fourth-order valence-electron chi connectivity index (χ4n) is 1.80. The van der Waals surface area contributed by atoms with Crippen LogP contribution in [0, 0.1) is 0 Å². The lowest BCUT2D eigenvalue weighted by molar-refractivity contribution is -0.131. The van der Waals surface area contributed by atoms with Crippen molar-refractivity contribution in [3.63, 3.8) is 0 Å². The van der Waals surface area contributed by atoms with E-state index in [-0.39, 0.29) is 35.2 Å². The molecule has 1 saturated heterocycles. The molecule has 0 radical (unpaired) electrons. The van der Waals surface area contributed by atoms with Gasteiger partial charge in [0.25, 0.3) is 5.91 Å². The number of carbonyl (C=O) groups is 3. The smallest absolute Gasteiger partial charge is 0.416 e. The van der Waals surface area contributed by atoms with Crippen LogP contribution in [0.25, 0.3) is 0 Å². The van der Waals surface area contributed by atoms with Gasteiger partial charge in [-0.2, -0.15) is 0 Å². The lowest BCUT2D eigenvalue weighted by atomic mass is 10.2. The molecule has 1 aliphatic rings. The van der Waals surface area contributed by atoms with Crippen LogP contribution in [0.1, 0.15) is 10.4 Å². The summed E-state index contributed by atoms with van der Waals surface area (Å²) in [7, 11) is 1.35. The first kappa shape index (κ1) is 15.9. The molecular weight excluding hydrogens is 316 g/mol. The molecule has 1 aliphatic heterocycles. The van der Waals surface area contributed by atoms with E-state index in [1.165, 1.54) is 19.2 Å². The Labute approximate surface area is 130 Å². The summed E-state index contributed by atoms with van der Waals surface area (Å²) in [4.78, 5) is 35.8. The second kappa shape index (κ2) is 6.52. The van der Waals surface area contributed by atoms with E-state index in [0.29, 0.717) is 0 Å². The van der Waals surface area contributed by atoms with Gasteiger partial charge in [-0.05, 0) is 6.07 Å². The van der Waals surface area contributed by atoms with Gasteiger partial charge in [-0.3, -0.25) is 4.79 Å². The van der Waals surface area contributed by atoms with E-state index in [4.69, 9.17) is 26.8 Å². The Bertz CT molecular complexity index is 633. The first-order valence-corrected chi connectivity index (χ1v) is 6.59. The molecule has 0 aromatic heterocycles. The number of esters is 1. The molecule has 0 saturated carbocycles. The molecular formula is C13H13ClN2O6. The minimum Gasteiger partial charge on any atom is -0.496 e. The minimum absolute atomic E-state index is 0.0264. The Morgan fingerprint density at radius 2 is 2.18 bits per heavy atom. The van der Waals surface area contributed by atoms with Gasteiger partial charge in [0.05, 0.1) is 24.4 Å². The van der Waals surface area contributed by atoms with Gasteiger partial charge in [0.2, 0.25) is 0 Å². The summed E-state index contributed by atoms with van der Waals surface area (Å²) in [6.45, 7) is -0.342. The molecule has 0 atom stereocenters. The number of imide groups is 1. The van der Waals surface area contributed by atoms with Crippen LogP contribution < -0.4 is 10.5 Å². The topological polar surface area (TPSA) is 108 Å². The van der Waals surface area contributed by atoms with Gasteiger partial charge in [0.15, 0.2) is 6.61 Å². The molecule has 22 heavy (non-hydrogen) atoms. The summed E-state index contributed by atoms with van der Waals surface area (Å²) in [5, 5.41) is 0.155. The highest BCUT2D eigenvalue weighted by Crippen LogP contribution is 2.29. The van der Waals surface area contributed by atoms with Crippen LogP contribution in [0.5, 0.6) is 5.75 Å². The highest BCUT2D eigenvalue weighted by atomic mass is 35.5. The summed E-state index contributed by atoms with van der Waals surface area (Å²) >= 11 is 5.85. The second-order valence-corrected chi connectivity index (χ2v) is 4.72. The van der Waals surface area contributed by atoms with Gasteiger partial charge < -0.3 is 19.9 Å². The van der Waals surface area contributed by atoms with Crippen molar-refractivity contribution in [1.82, 2.24) is 4.90 Å². The number of rotatable bonds is 4. The average Bonchev–Trinajstić information content (AvgIpc) is 2.92. The lowest BCUT2D eigenvalue weighted by Gasteiger charge is -2.12. The monoisotopic (exact) mass is 328 g/mol. The predicted octanol–water partition coefficient (Wildman–Crippen LogP) is 1.07. The molecule has 9 heteroatoms. The molecule has 0 aliphatic carbocycles. The van der Waals surface area contributed by atoms with Gasteiger partial charge in [-0.25, -0.2) is 14.5 Å². The van der Waals surface area contributed by atoms with Gasteiger partial charge in [-0.15, -0.1) is 0 Å². The molecule has 2 amide bonds. The van der Waals surface area contributed by atoms with E-state index in [1.54, 1.807) is 0 Å². The first-order chi connectivity index (χ1) is 10.4. The fraction of sp³-hybridized carbons (Fsp3) is 0.308. The van der Waals surface area contributed by atoms with Crippen LogP contribution in [0.4, 0.5) is 10.5 Å². The quantitative estimate of drug-likeness (QED) is 0.650. The number of nitrogens with two attached hydrogens (primary N) is 1. The van der Waals surface area contributed by atoms with Crippen molar-refractivity contribution in [2.75, 3.05) is 32.6 Å². The van der Waals surface area contributed by atoms with E-state index in [0.717, 1.165) is 4.90 Å². The molecule has 2 rings (SSSR count). The highest BCUT2D eigenvalue weighted by Gasteiger charge is 2.29. The van der Waals surface area contributed by atoms with Crippen molar-refractivity contribution in [2.45, 2.75) is 0 Å². The van der Waals surface area contributed by atoms with E-state index in [9.17, 15) is 14.4 Å².